The molecule has 1 unspecified atom stereocenters. The Morgan fingerprint density at radius 3 is 2.31 bits per heavy atom. The molecule has 1 fully saturated rings. The molecule has 1 aliphatic carbocycles. The van der Waals surface area contributed by atoms with Crippen molar-refractivity contribution in [3.05, 3.63) is 88.2 Å². The van der Waals surface area contributed by atoms with Crippen LogP contribution in [0.25, 0.3) is 11.1 Å². The molecule has 2 aromatic carbocycles. The van der Waals surface area contributed by atoms with E-state index in [-0.39, 0.29) is 42.9 Å². The summed E-state index contributed by atoms with van der Waals surface area (Å²) in [6, 6.07) is 20.7. The first-order valence-electron chi connectivity index (χ1n) is 10.2. The highest BCUT2D eigenvalue weighted by molar-refractivity contribution is 9.10. The monoisotopic (exact) mass is 535 g/mol. The number of carbonyl (C=O) groups is 1. The molecule has 1 atom stereocenters. The van der Waals surface area contributed by atoms with E-state index in [9.17, 15) is 4.79 Å². The van der Waals surface area contributed by atoms with Crippen LogP contribution < -0.4 is 5.32 Å². The Balaban J connectivity index is 0.00000144. The highest BCUT2D eigenvalue weighted by Crippen LogP contribution is 2.44. The zero-order chi connectivity index (χ0) is 20.5. The summed E-state index contributed by atoms with van der Waals surface area (Å²) >= 11 is 3.41. The van der Waals surface area contributed by atoms with E-state index < -0.39 is 0 Å². The number of amides is 1. The number of hydrogen-bond donors (Lipinski definition) is 1. The van der Waals surface area contributed by atoms with Gasteiger partial charge in [-0.25, -0.2) is 4.79 Å². The van der Waals surface area contributed by atoms with Crippen molar-refractivity contribution in [1.29, 1.82) is 0 Å². The van der Waals surface area contributed by atoms with Crippen LogP contribution in [0.4, 0.5) is 4.79 Å². The van der Waals surface area contributed by atoms with Gasteiger partial charge in [0.15, 0.2) is 0 Å². The largest absolute Gasteiger partial charge is 0.448 e. The van der Waals surface area contributed by atoms with E-state index in [4.69, 9.17) is 4.74 Å². The molecular formula is C24H24BrCl2N3O2. The predicted octanol–water partition coefficient (Wildman–Crippen LogP) is 5.58. The third kappa shape index (κ3) is 4.79. The fourth-order valence-electron chi connectivity index (χ4n) is 4.39. The standard InChI is InChI=1S/C24H22BrN3O2.2ClH/c25-16-9-10-22(27-13-16)23-14-28(12-11-26-23)24(29)30-15-21-19-7-3-1-5-17(19)18-6-2-4-8-20(18)21;;/h1-10,13,21,23,26H,11-12,14-15H2;2*1H. The van der Waals surface area contributed by atoms with Crippen molar-refractivity contribution in [3.63, 3.8) is 0 Å². The molecular weight excluding hydrogens is 513 g/mol. The maximum atomic E-state index is 12.9. The van der Waals surface area contributed by atoms with E-state index >= 15 is 0 Å². The van der Waals surface area contributed by atoms with Crippen LogP contribution in [0.2, 0.25) is 0 Å². The molecule has 3 aromatic rings. The normalized spacial score (nSPS) is 16.9. The van der Waals surface area contributed by atoms with Crippen molar-refractivity contribution in [2.45, 2.75) is 12.0 Å². The number of benzene rings is 2. The number of aromatic nitrogens is 1. The second kappa shape index (κ2) is 10.7. The number of halogens is 3. The molecule has 0 radical (unpaired) electrons. The Morgan fingerprint density at radius 2 is 1.69 bits per heavy atom. The van der Waals surface area contributed by atoms with Crippen molar-refractivity contribution in [1.82, 2.24) is 15.2 Å². The van der Waals surface area contributed by atoms with Gasteiger partial charge >= 0.3 is 6.09 Å². The van der Waals surface area contributed by atoms with Crippen LogP contribution in [0.15, 0.2) is 71.3 Å². The number of pyridine rings is 1. The average molecular weight is 537 g/mol. The van der Waals surface area contributed by atoms with Gasteiger partial charge in [-0.05, 0) is 50.3 Å². The van der Waals surface area contributed by atoms with E-state index in [1.54, 1.807) is 11.1 Å². The molecule has 2 heterocycles. The molecule has 1 aliphatic heterocycles. The lowest BCUT2D eigenvalue weighted by atomic mass is 9.98. The first-order chi connectivity index (χ1) is 14.7. The quantitative estimate of drug-likeness (QED) is 0.474. The van der Waals surface area contributed by atoms with Crippen LogP contribution in [-0.4, -0.2) is 42.2 Å². The van der Waals surface area contributed by atoms with Crippen LogP contribution in [0.5, 0.6) is 0 Å². The summed E-state index contributed by atoms with van der Waals surface area (Å²) in [5.74, 6) is 0.0770. The lowest BCUT2D eigenvalue weighted by Crippen LogP contribution is -2.48. The van der Waals surface area contributed by atoms with Gasteiger partial charge in [0.25, 0.3) is 0 Å². The van der Waals surface area contributed by atoms with Gasteiger partial charge in [0, 0.05) is 36.2 Å². The minimum absolute atomic E-state index is 0. The highest BCUT2D eigenvalue weighted by Gasteiger charge is 2.31. The molecule has 1 N–H and O–H groups in total. The fraction of sp³-hybridized carbons (Fsp3) is 0.250. The highest BCUT2D eigenvalue weighted by atomic mass is 79.9. The summed E-state index contributed by atoms with van der Waals surface area (Å²) in [6.07, 6.45) is 1.52. The smallest absolute Gasteiger partial charge is 0.409 e. The van der Waals surface area contributed by atoms with Crippen molar-refractivity contribution >= 4 is 46.8 Å². The van der Waals surface area contributed by atoms with E-state index in [1.165, 1.54) is 22.3 Å². The molecule has 5 nitrogen and oxygen atoms in total. The van der Waals surface area contributed by atoms with Crippen LogP contribution in [0.1, 0.15) is 28.8 Å². The van der Waals surface area contributed by atoms with Crippen LogP contribution in [0.3, 0.4) is 0 Å². The van der Waals surface area contributed by atoms with Gasteiger partial charge in [-0.2, -0.15) is 0 Å². The average Bonchev–Trinajstić information content (AvgIpc) is 3.12. The van der Waals surface area contributed by atoms with E-state index in [0.717, 1.165) is 10.2 Å². The molecule has 2 aliphatic rings. The second-order valence-corrected chi connectivity index (χ2v) is 8.57. The maximum absolute atomic E-state index is 12.9. The summed E-state index contributed by atoms with van der Waals surface area (Å²) in [4.78, 5) is 19.1. The van der Waals surface area contributed by atoms with Gasteiger partial charge in [-0.3, -0.25) is 4.98 Å². The number of rotatable bonds is 3. The number of fused-ring (bicyclic) bond motifs is 3. The Bertz CT molecular complexity index is 1040. The van der Waals surface area contributed by atoms with Crippen LogP contribution in [-0.2, 0) is 4.74 Å². The molecule has 0 bridgehead atoms. The predicted molar refractivity (Wildman–Crippen MR) is 134 cm³/mol. The van der Waals surface area contributed by atoms with Crippen molar-refractivity contribution in [3.8, 4) is 11.1 Å². The Kier molecular flexibility index (Phi) is 8.17. The van der Waals surface area contributed by atoms with Crippen LogP contribution in [0, 0.1) is 0 Å². The molecule has 1 saturated heterocycles. The first-order valence-corrected chi connectivity index (χ1v) is 10.9. The summed E-state index contributed by atoms with van der Waals surface area (Å²) in [5.41, 5.74) is 5.84. The van der Waals surface area contributed by atoms with Gasteiger partial charge in [-0.15, -0.1) is 24.8 Å². The molecule has 8 heteroatoms. The third-order valence-corrected chi connectivity index (χ3v) is 6.35. The molecule has 168 valence electrons. The van der Waals surface area contributed by atoms with Gasteiger partial charge < -0.3 is 15.0 Å². The number of carbonyl (C=O) groups excluding carboxylic acids is 1. The summed E-state index contributed by atoms with van der Waals surface area (Å²) < 4.78 is 6.75. The molecule has 5 rings (SSSR count). The first kappa shape index (κ1) is 24.5. The van der Waals surface area contributed by atoms with Gasteiger partial charge in [0.2, 0.25) is 0 Å². The number of ether oxygens (including phenoxy) is 1. The van der Waals surface area contributed by atoms with Crippen molar-refractivity contribution < 1.29 is 9.53 Å². The zero-order valence-electron chi connectivity index (χ0n) is 17.2. The number of nitrogens with one attached hydrogen (secondary N) is 1. The lowest BCUT2D eigenvalue weighted by molar-refractivity contribution is 0.0880. The van der Waals surface area contributed by atoms with E-state index in [2.05, 4.69) is 62.6 Å². The van der Waals surface area contributed by atoms with E-state index in [0.29, 0.717) is 26.2 Å². The topological polar surface area (TPSA) is 54.5 Å². The van der Waals surface area contributed by atoms with Crippen molar-refractivity contribution in [2.24, 2.45) is 0 Å². The number of piperazine rings is 1. The third-order valence-electron chi connectivity index (χ3n) is 5.88. The van der Waals surface area contributed by atoms with Crippen molar-refractivity contribution in [2.75, 3.05) is 26.2 Å². The molecule has 32 heavy (non-hydrogen) atoms. The van der Waals surface area contributed by atoms with Gasteiger partial charge in [0.05, 0.1) is 11.7 Å². The number of nitrogens with zero attached hydrogens (tertiary/aromatic N) is 2. The molecule has 1 aromatic heterocycles. The Morgan fingerprint density at radius 1 is 1.03 bits per heavy atom. The van der Waals surface area contributed by atoms with Crippen LogP contribution >= 0.6 is 40.7 Å². The molecule has 0 saturated carbocycles. The SMILES string of the molecule is Cl.Cl.O=C(OCC1c2ccccc2-c2ccccc21)N1CCNC(c2ccc(Br)cn2)C1. The minimum Gasteiger partial charge on any atom is -0.448 e. The van der Waals surface area contributed by atoms with Gasteiger partial charge in [0.1, 0.15) is 6.61 Å². The Hall–Kier alpha value is -2.12. The Labute approximate surface area is 208 Å². The zero-order valence-corrected chi connectivity index (χ0v) is 20.5. The summed E-state index contributed by atoms with van der Waals surface area (Å²) in [6.45, 7) is 2.24. The molecule has 1 amide bonds. The summed E-state index contributed by atoms with van der Waals surface area (Å²) in [5, 5.41) is 3.44. The lowest BCUT2D eigenvalue weighted by Gasteiger charge is -2.33. The number of hydrogen-bond acceptors (Lipinski definition) is 4. The van der Waals surface area contributed by atoms with E-state index in [1.807, 2.05) is 24.3 Å². The summed E-state index contributed by atoms with van der Waals surface area (Å²) in [7, 11) is 0. The van der Waals surface area contributed by atoms with Gasteiger partial charge in [-0.1, -0.05) is 48.5 Å². The second-order valence-electron chi connectivity index (χ2n) is 7.66. The fourth-order valence-corrected chi connectivity index (χ4v) is 4.63. The minimum atomic E-state index is -0.263. The molecule has 0 spiro atoms. The maximum Gasteiger partial charge on any atom is 0.409 e.